The van der Waals surface area contributed by atoms with Crippen molar-refractivity contribution in [3.05, 3.63) is 38.6 Å². The number of hydrogen-bond acceptors (Lipinski definition) is 6. The molecule has 0 bridgehead atoms. The first-order valence-electron chi connectivity index (χ1n) is 8.58. The van der Waals surface area contributed by atoms with Gasteiger partial charge in [-0.15, -0.1) is 22.7 Å². The molecule has 0 amide bonds. The summed E-state index contributed by atoms with van der Waals surface area (Å²) in [7, 11) is 1.38. The number of carbonyl (C=O) groups is 1. The minimum atomic E-state index is -0.260. The number of aromatic nitrogens is 2. The molecule has 0 saturated heterocycles. The van der Waals surface area contributed by atoms with E-state index in [4.69, 9.17) is 9.72 Å². The van der Waals surface area contributed by atoms with Gasteiger partial charge in [-0.05, 0) is 24.8 Å². The number of rotatable bonds is 6. The summed E-state index contributed by atoms with van der Waals surface area (Å²) in [5, 5.41) is 2.71. The van der Waals surface area contributed by atoms with Crippen LogP contribution in [-0.4, -0.2) is 22.6 Å². The highest BCUT2D eigenvalue weighted by atomic mass is 32.1. The zero-order valence-electron chi connectivity index (χ0n) is 15.4. The fourth-order valence-electron chi connectivity index (χ4n) is 3.07. The van der Waals surface area contributed by atoms with E-state index in [-0.39, 0.29) is 17.4 Å². The first-order chi connectivity index (χ1) is 12.4. The highest BCUT2D eigenvalue weighted by molar-refractivity contribution is 7.20. The maximum absolute atomic E-state index is 13.3. The SMILES string of the molecule is COC(=O)CCCn1c(C(C)C)nc2sc(C)c(-c3cccs3)c2c1=O. The number of thiophene rings is 2. The molecule has 0 aliphatic carbocycles. The first kappa shape index (κ1) is 18.8. The van der Waals surface area contributed by atoms with E-state index in [1.54, 1.807) is 27.2 Å². The third-order valence-electron chi connectivity index (χ3n) is 4.29. The van der Waals surface area contributed by atoms with Crippen LogP contribution < -0.4 is 5.56 Å². The van der Waals surface area contributed by atoms with Gasteiger partial charge in [-0.25, -0.2) is 4.98 Å². The van der Waals surface area contributed by atoms with Gasteiger partial charge < -0.3 is 4.74 Å². The lowest BCUT2D eigenvalue weighted by molar-refractivity contribution is -0.140. The highest BCUT2D eigenvalue weighted by Crippen LogP contribution is 2.38. The zero-order valence-corrected chi connectivity index (χ0v) is 17.0. The maximum atomic E-state index is 13.3. The van der Waals surface area contributed by atoms with Gasteiger partial charge in [0, 0.05) is 34.2 Å². The van der Waals surface area contributed by atoms with Gasteiger partial charge in [0.05, 0.1) is 12.5 Å². The Bertz CT molecular complexity index is 985. The van der Waals surface area contributed by atoms with E-state index in [1.165, 1.54) is 7.11 Å². The van der Waals surface area contributed by atoms with Crippen LogP contribution in [0.15, 0.2) is 22.3 Å². The highest BCUT2D eigenvalue weighted by Gasteiger charge is 2.21. The topological polar surface area (TPSA) is 61.2 Å². The van der Waals surface area contributed by atoms with Crippen LogP contribution in [-0.2, 0) is 16.1 Å². The number of ether oxygens (including phenoxy) is 1. The van der Waals surface area contributed by atoms with Crippen molar-refractivity contribution >= 4 is 38.9 Å². The van der Waals surface area contributed by atoms with Gasteiger partial charge in [0.1, 0.15) is 10.7 Å². The number of esters is 1. The third-order valence-corrected chi connectivity index (χ3v) is 6.18. The molecular formula is C19H22N2O3S2. The van der Waals surface area contributed by atoms with Gasteiger partial charge in [-0.2, -0.15) is 0 Å². The molecule has 26 heavy (non-hydrogen) atoms. The number of nitrogens with zero attached hydrogens (tertiary/aromatic N) is 2. The average Bonchev–Trinajstić information content (AvgIpc) is 3.23. The van der Waals surface area contributed by atoms with Crippen molar-refractivity contribution in [3.63, 3.8) is 0 Å². The standard InChI is InChI=1S/C19H22N2O3S2/c1-11(2)17-20-18-16(15(12(3)26-18)13-7-6-10-25-13)19(23)21(17)9-5-8-14(22)24-4/h6-7,10-11H,5,8-9H2,1-4H3. The van der Waals surface area contributed by atoms with Crippen molar-refractivity contribution in [1.82, 2.24) is 9.55 Å². The normalized spacial score (nSPS) is 11.4. The van der Waals surface area contributed by atoms with Gasteiger partial charge in [0.2, 0.25) is 0 Å². The molecule has 138 valence electrons. The Labute approximate surface area is 160 Å². The second-order valence-corrected chi connectivity index (χ2v) is 8.60. The Balaban J connectivity index is 2.14. The molecule has 0 spiro atoms. The second-order valence-electron chi connectivity index (χ2n) is 6.45. The van der Waals surface area contributed by atoms with Crippen LogP contribution >= 0.6 is 22.7 Å². The Kier molecular flexibility index (Phi) is 5.58. The van der Waals surface area contributed by atoms with Crippen LogP contribution in [0.4, 0.5) is 0 Å². The van der Waals surface area contributed by atoms with Gasteiger partial charge in [-0.1, -0.05) is 19.9 Å². The molecule has 0 N–H and O–H groups in total. The van der Waals surface area contributed by atoms with E-state index in [2.05, 4.69) is 0 Å². The molecule has 0 aliphatic rings. The van der Waals surface area contributed by atoms with E-state index < -0.39 is 0 Å². The quantitative estimate of drug-likeness (QED) is 0.578. The van der Waals surface area contributed by atoms with Crippen molar-refractivity contribution in [2.45, 2.75) is 46.1 Å². The summed E-state index contributed by atoms with van der Waals surface area (Å²) in [6, 6.07) is 4.03. The van der Waals surface area contributed by atoms with Crippen LogP contribution in [0, 0.1) is 6.92 Å². The van der Waals surface area contributed by atoms with E-state index in [0.717, 1.165) is 26.0 Å². The van der Waals surface area contributed by atoms with Crippen molar-refractivity contribution < 1.29 is 9.53 Å². The molecule has 3 aromatic rings. The molecule has 3 heterocycles. The summed E-state index contributed by atoms with van der Waals surface area (Å²) in [6.45, 7) is 6.57. The number of aryl methyl sites for hydroxylation is 1. The summed E-state index contributed by atoms with van der Waals surface area (Å²) in [5.74, 6) is 0.632. The number of carbonyl (C=O) groups excluding carboxylic acids is 1. The van der Waals surface area contributed by atoms with Crippen LogP contribution in [0.1, 0.15) is 43.3 Å². The summed E-state index contributed by atoms with van der Waals surface area (Å²) < 4.78 is 6.43. The summed E-state index contributed by atoms with van der Waals surface area (Å²) in [5.41, 5.74) is 0.978. The monoisotopic (exact) mass is 390 g/mol. The van der Waals surface area contributed by atoms with Crippen molar-refractivity contribution in [2.24, 2.45) is 0 Å². The number of methoxy groups -OCH3 is 1. The Hall–Kier alpha value is -1.99. The average molecular weight is 391 g/mol. The molecule has 3 aromatic heterocycles. The van der Waals surface area contributed by atoms with Crippen molar-refractivity contribution in [2.75, 3.05) is 7.11 Å². The van der Waals surface area contributed by atoms with Crippen molar-refractivity contribution in [3.8, 4) is 10.4 Å². The Morgan fingerprint density at radius 2 is 2.15 bits per heavy atom. The lowest BCUT2D eigenvalue weighted by atomic mass is 10.1. The lowest BCUT2D eigenvalue weighted by Crippen LogP contribution is -2.26. The number of fused-ring (bicyclic) bond motifs is 1. The molecule has 0 saturated carbocycles. The molecule has 3 rings (SSSR count). The second kappa shape index (κ2) is 7.72. The van der Waals surface area contributed by atoms with E-state index in [9.17, 15) is 9.59 Å². The van der Waals surface area contributed by atoms with E-state index in [1.807, 2.05) is 38.3 Å². The molecule has 0 unspecified atom stereocenters. The van der Waals surface area contributed by atoms with E-state index >= 15 is 0 Å². The van der Waals surface area contributed by atoms with Crippen LogP contribution in [0.3, 0.4) is 0 Å². The fourth-order valence-corrected chi connectivity index (χ4v) is 5.00. The Morgan fingerprint density at radius 3 is 2.77 bits per heavy atom. The molecule has 0 aromatic carbocycles. The molecule has 0 fully saturated rings. The largest absolute Gasteiger partial charge is 0.469 e. The molecule has 5 nitrogen and oxygen atoms in total. The zero-order chi connectivity index (χ0) is 18.8. The van der Waals surface area contributed by atoms with Crippen LogP contribution in [0.25, 0.3) is 20.7 Å². The summed E-state index contributed by atoms with van der Waals surface area (Å²) in [4.78, 5) is 32.6. The third kappa shape index (κ3) is 3.46. The minimum Gasteiger partial charge on any atom is -0.469 e. The molecular weight excluding hydrogens is 368 g/mol. The summed E-state index contributed by atoms with van der Waals surface area (Å²) in [6.07, 6.45) is 0.843. The lowest BCUT2D eigenvalue weighted by Gasteiger charge is -2.15. The molecule has 0 atom stereocenters. The van der Waals surface area contributed by atoms with E-state index in [0.29, 0.717) is 24.8 Å². The van der Waals surface area contributed by atoms with Gasteiger partial charge >= 0.3 is 5.97 Å². The minimum absolute atomic E-state index is 0.0173. The van der Waals surface area contributed by atoms with Crippen LogP contribution in [0.2, 0.25) is 0 Å². The predicted molar refractivity (Wildman–Crippen MR) is 107 cm³/mol. The smallest absolute Gasteiger partial charge is 0.305 e. The van der Waals surface area contributed by atoms with Crippen molar-refractivity contribution in [1.29, 1.82) is 0 Å². The predicted octanol–water partition coefficient (Wildman–Crippen LogP) is 4.57. The maximum Gasteiger partial charge on any atom is 0.305 e. The first-order valence-corrected chi connectivity index (χ1v) is 10.3. The molecule has 0 aliphatic heterocycles. The van der Waals surface area contributed by atoms with Gasteiger partial charge in [0.25, 0.3) is 5.56 Å². The Morgan fingerprint density at radius 1 is 1.38 bits per heavy atom. The van der Waals surface area contributed by atoms with Gasteiger partial charge in [0.15, 0.2) is 0 Å². The molecule has 7 heteroatoms. The summed E-state index contributed by atoms with van der Waals surface area (Å²) >= 11 is 3.20. The van der Waals surface area contributed by atoms with Gasteiger partial charge in [-0.3, -0.25) is 14.2 Å². The van der Waals surface area contributed by atoms with Crippen LogP contribution in [0.5, 0.6) is 0 Å². The number of hydrogen-bond donors (Lipinski definition) is 0. The fraction of sp³-hybridized carbons (Fsp3) is 0.421. The molecule has 0 radical (unpaired) electrons.